The number of aliphatic carboxylic acids is 1. The van der Waals surface area contributed by atoms with Crippen molar-refractivity contribution in [1.29, 1.82) is 0 Å². The van der Waals surface area contributed by atoms with Crippen LogP contribution in [0.15, 0.2) is 0 Å². The van der Waals surface area contributed by atoms with Gasteiger partial charge in [0.05, 0.1) is 12.1 Å². The second-order valence-corrected chi connectivity index (χ2v) is 5.19. The van der Waals surface area contributed by atoms with Crippen LogP contribution in [0.5, 0.6) is 0 Å². The fourth-order valence-corrected chi connectivity index (χ4v) is 2.20. The maximum Gasteiger partial charge on any atom is 0.323 e. The number of nitrogens with two attached hydrogens (primary N) is 1. The minimum atomic E-state index is -1.25. The molecule has 0 radical (unpaired) electrons. The Bertz CT molecular complexity index is 392. The van der Waals surface area contributed by atoms with Crippen molar-refractivity contribution in [3.05, 3.63) is 0 Å². The average molecular weight is 303 g/mol. The van der Waals surface area contributed by atoms with Crippen LogP contribution in [0.1, 0.15) is 12.8 Å². The second-order valence-electron chi connectivity index (χ2n) is 5.19. The van der Waals surface area contributed by atoms with Gasteiger partial charge in [-0.25, -0.2) is 4.79 Å². The number of nitrogens with zero attached hydrogens (tertiary/aromatic N) is 2. The molecule has 1 rings (SSSR count). The summed E-state index contributed by atoms with van der Waals surface area (Å²) in [7, 11) is 1.44. The molecule has 1 aliphatic rings. The van der Waals surface area contributed by atoms with Gasteiger partial charge in [0.15, 0.2) is 0 Å². The fourth-order valence-electron chi connectivity index (χ4n) is 2.20. The van der Waals surface area contributed by atoms with Crippen LogP contribution >= 0.6 is 0 Å². The lowest BCUT2D eigenvalue weighted by atomic mass is 9.94. The lowest BCUT2D eigenvalue weighted by Gasteiger charge is -2.36. The highest BCUT2D eigenvalue weighted by Crippen LogP contribution is 2.21. The van der Waals surface area contributed by atoms with Gasteiger partial charge in [-0.15, -0.1) is 0 Å². The maximum atomic E-state index is 12.2. The van der Waals surface area contributed by atoms with E-state index < -0.39 is 36.6 Å². The van der Waals surface area contributed by atoms with Crippen LogP contribution in [0.2, 0.25) is 0 Å². The smallest absolute Gasteiger partial charge is 0.323 e. The Morgan fingerprint density at radius 3 is 2.29 bits per heavy atom. The van der Waals surface area contributed by atoms with E-state index in [1.165, 1.54) is 11.9 Å². The van der Waals surface area contributed by atoms with Gasteiger partial charge in [0.1, 0.15) is 13.1 Å². The number of carboxylic acids is 1. The SMILES string of the molecule is CN(CC1(O)CCOCC1)C(=O)N(CC(N)=O)CC(=O)O. The van der Waals surface area contributed by atoms with E-state index in [0.29, 0.717) is 26.1 Å². The quantitative estimate of drug-likeness (QED) is 0.544. The Morgan fingerprint density at radius 1 is 1.24 bits per heavy atom. The molecule has 0 saturated carbocycles. The Kier molecular flexibility index (Phi) is 5.91. The van der Waals surface area contributed by atoms with Crippen LogP contribution in [-0.2, 0) is 14.3 Å². The molecule has 0 spiro atoms. The first-order valence-electron chi connectivity index (χ1n) is 6.54. The van der Waals surface area contributed by atoms with Crippen molar-refractivity contribution < 1.29 is 29.3 Å². The molecule has 0 atom stereocenters. The zero-order chi connectivity index (χ0) is 16.0. The molecule has 3 amide bonds. The molecule has 0 bridgehead atoms. The molecule has 1 saturated heterocycles. The van der Waals surface area contributed by atoms with E-state index in [2.05, 4.69) is 0 Å². The first-order valence-corrected chi connectivity index (χ1v) is 6.54. The number of hydrogen-bond acceptors (Lipinski definition) is 5. The predicted octanol–water partition coefficient (Wildman–Crippen LogP) is -1.55. The molecule has 0 aromatic rings. The van der Waals surface area contributed by atoms with Crippen molar-refractivity contribution in [3.8, 4) is 0 Å². The molecule has 1 aliphatic heterocycles. The summed E-state index contributed by atoms with van der Waals surface area (Å²) in [4.78, 5) is 35.9. The van der Waals surface area contributed by atoms with Gasteiger partial charge >= 0.3 is 12.0 Å². The van der Waals surface area contributed by atoms with Gasteiger partial charge in [0, 0.05) is 33.1 Å². The van der Waals surface area contributed by atoms with Gasteiger partial charge in [0.25, 0.3) is 0 Å². The summed E-state index contributed by atoms with van der Waals surface area (Å²) in [5.41, 5.74) is 3.94. The van der Waals surface area contributed by atoms with Gasteiger partial charge in [0.2, 0.25) is 5.91 Å². The van der Waals surface area contributed by atoms with Crippen molar-refractivity contribution in [3.63, 3.8) is 0 Å². The Hall–Kier alpha value is -1.87. The molecule has 1 fully saturated rings. The first kappa shape index (κ1) is 17.2. The zero-order valence-corrected chi connectivity index (χ0v) is 11.9. The summed E-state index contributed by atoms with van der Waals surface area (Å²) >= 11 is 0. The molecule has 9 nitrogen and oxygen atoms in total. The van der Waals surface area contributed by atoms with Crippen molar-refractivity contribution >= 4 is 17.9 Å². The summed E-state index contributed by atoms with van der Waals surface area (Å²) in [6.07, 6.45) is 0.777. The third-order valence-corrected chi connectivity index (χ3v) is 3.22. The lowest BCUT2D eigenvalue weighted by molar-refractivity contribution is -0.138. The van der Waals surface area contributed by atoms with E-state index in [1.807, 2.05) is 0 Å². The number of primary amides is 1. The Labute approximate surface area is 122 Å². The van der Waals surface area contributed by atoms with E-state index in [4.69, 9.17) is 15.6 Å². The van der Waals surface area contributed by atoms with Gasteiger partial charge < -0.3 is 30.5 Å². The van der Waals surface area contributed by atoms with E-state index in [9.17, 15) is 19.5 Å². The predicted molar refractivity (Wildman–Crippen MR) is 71.4 cm³/mol. The number of urea groups is 1. The molecule has 21 heavy (non-hydrogen) atoms. The molecule has 0 unspecified atom stereocenters. The second kappa shape index (κ2) is 7.23. The highest BCUT2D eigenvalue weighted by Gasteiger charge is 2.34. The zero-order valence-electron chi connectivity index (χ0n) is 11.9. The number of carboxylic acid groups (broad SMARTS) is 1. The van der Waals surface area contributed by atoms with Crippen molar-refractivity contribution in [1.82, 2.24) is 9.80 Å². The number of carbonyl (C=O) groups excluding carboxylic acids is 2. The van der Waals surface area contributed by atoms with E-state index in [0.717, 1.165) is 4.90 Å². The van der Waals surface area contributed by atoms with Crippen LogP contribution in [-0.4, -0.2) is 83.4 Å². The third kappa shape index (κ3) is 5.56. The molecule has 1 heterocycles. The molecule has 9 heteroatoms. The standard InChI is InChI=1S/C12H21N3O6/c1-14(8-12(20)2-4-21-5-3-12)11(19)15(6-9(13)16)7-10(17)18/h20H,2-8H2,1H3,(H2,13,16)(H,17,18). The van der Waals surface area contributed by atoms with Crippen molar-refractivity contribution in [2.24, 2.45) is 5.73 Å². The summed E-state index contributed by atoms with van der Waals surface area (Å²) in [5, 5.41) is 19.1. The van der Waals surface area contributed by atoms with Crippen LogP contribution in [0.25, 0.3) is 0 Å². The van der Waals surface area contributed by atoms with Gasteiger partial charge in [-0.05, 0) is 0 Å². The Balaban J connectivity index is 2.67. The topological polar surface area (TPSA) is 133 Å². The summed E-state index contributed by atoms with van der Waals surface area (Å²) < 4.78 is 5.15. The van der Waals surface area contributed by atoms with E-state index in [1.54, 1.807) is 0 Å². The normalized spacial score (nSPS) is 17.0. The van der Waals surface area contributed by atoms with Crippen LogP contribution < -0.4 is 5.73 Å². The minimum absolute atomic E-state index is 0.0318. The largest absolute Gasteiger partial charge is 0.480 e. The first-order chi connectivity index (χ1) is 9.73. The molecular formula is C12H21N3O6. The number of aliphatic hydroxyl groups is 1. The van der Waals surface area contributed by atoms with Crippen molar-refractivity contribution in [2.45, 2.75) is 18.4 Å². The summed E-state index contributed by atoms with van der Waals surface area (Å²) in [5.74, 6) is -2.05. The number of ether oxygens (including phenoxy) is 1. The Morgan fingerprint density at radius 2 is 1.81 bits per heavy atom. The van der Waals surface area contributed by atoms with Crippen LogP contribution in [0.3, 0.4) is 0 Å². The molecule has 0 aromatic carbocycles. The third-order valence-electron chi connectivity index (χ3n) is 3.22. The highest BCUT2D eigenvalue weighted by atomic mass is 16.5. The molecule has 120 valence electrons. The van der Waals surface area contributed by atoms with E-state index >= 15 is 0 Å². The van der Waals surface area contributed by atoms with Gasteiger partial charge in [-0.3, -0.25) is 9.59 Å². The van der Waals surface area contributed by atoms with Crippen molar-refractivity contribution in [2.75, 3.05) is 39.9 Å². The number of carbonyl (C=O) groups is 3. The number of hydrogen-bond donors (Lipinski definition) is 3. The minimum Gasteiger partial charge on any atom is -0.480 e. The van der Waals surface area contributed by atoms with Crippen LogP contribution in [0.4, 0.5) is 4.79 Å². The molecule has 0 aliphatic carbocycles. The van der Waals surface area contributed by atoms with Gasteiger partial charge in [-0.1, -0.05) is 0 Å². The van der Waals surface area contributed by atoms with E-state index in [-0.39, 0.29) is 6.54 Å². The van der Waals surface area contributed by atoms with Crippen LogP contribution in [0, 0.1) is 0 Å². The number of rotatable bonds is 6. The highest BCUT2D eigenvalue weighted by molar-refractivity contribution is 5.85. The number of likely N-dealkylation sites (N-methyl/N-ethyl adjacent to an activating group) is 1. The molecule has 4 N–H and O–H groups in total. The fraction of sp³-hybridized carbons (Fsp3) is 0.750. The number of amides is 3. The summed E-state index contributed by atoms with van der Waals surface area (Å²) in [6, 6.07) is -0.670. The monoisotopic (exact) mass is 303 g/mol. The summed E-state index contributed by atoms with van der Waals surface area (Å²) in [6.45, 7) is -0.286. The lowest BCUT2D eigenvalue weighted by Crippen LogP contribution is -2.52. The molecular weight excluding hydrogens is 282 g/mol. The van der Waals surface area contributed by atoms with Gasteiger partial charge in [-0.2, -0.15) is 0 Å². The molecule has 0 aromatic heterocycles. The maximum absolute atomic E-state index is 12.2. The average Bonchev–Trinajstić information content (AvgIpc) is 2.36.